The molecular weight excluding hydrogens is 214 g/mol. The number of hydrogen-bond acceptors (Lipinski definition) is 2. The summed E-state index contributed by atoms with van der Waals surface area (Å²) in [6, 6.07) is 9.74. The van der Waals surface area contributed by atoms with Crippen LogP contribution in [0.4, 0.5) is 4.79 Å². The summed E-state index contributed by atoms with van der Waals surface area (Å²) < 4.78 is 5.26. The highest BCUT2D eigenvalue weighted by Crippen LogP contribution is 2.16. The summed E-state index contributed by atoms with van der Waals surface area (Å²) in [4.78, 5) is 13.5. The summed E-state index contributed by atoms with van der Waals surface area (Å²) in [7, 11) is 0. The first-order valence-corrected chi connectivity index (χ1v) is 5.89. The SMILES string of the molecule is C/C=C1/CCN(C(=O)OCc2ccccc2)C1. The van der Waals surface area contributed by atoms with Crippen molar-refractivity contribution in [2.45, 2.75) is 20.0 Å². The Balaban J connectivity index is 1.82. The smallest absolute Gasteiger partial charge is 0.410 e. The zero-order valence-corrected chi connectivity index (χ0v) is 10.1. The molecule has 3 nitrogen and oxygen atoms in total. The molecule has 0 saturated carbocycles. The van der Waals surface area contributed by atoms with Crippen molar-refractivity contribution in [1.29, 1.82) is 0 Å². The molecule has 0 spiro atoms. The van der Waals surface area contributed by atoms with Crippen LogP contribution < -0.4 is 0 Å². The van der Waals surface area contributed by atoms with Crippen LogP contribution in [0.15, 0.2) is 42.0 Å². The van der Waals surface area contributed by atoms with E-state index in [-0.39, 0.29) is 6.09 Å². The minimum Gasteiger partial charge on any atom is -0.445 e. The van der Waals surface area contributed by atoms with Crippen LogP contribution in [0, 0.1) is 0 Å². The van der Waals surface area contributed by atoms with Crippen molar-refractivity contribution in [2.24, 2.45) is 0 Å². The van der Waals surface area contributed by atoms with Gasteiger partial charge >= 0.3 is 6.09 Å². The zero-order valence-electron chi connectivity index (χ0n) is 10.1. The zero-order chi connectivity index (χ0) is 12.1. The Bertz CT molecular complexity index is 411. The van der Waals surface area contributed by atoms with Crippen molar-refractivity contribution in [3.05, 3.63) is 47.5 Å². The van der Waals surface area contributed by atoms with Crippen LogP contribution in [0.2, 0.25) is 0 Å². The van der Waals surface area contributed by atoms with E-state index in [1.807, 2.05) is 37.3 Å². The standard InChI is InChI=1S/C14H17NO2/c1-2-12-8-9-15(10-12)14(16)17-11-13-6-4-3-5-7-13/h2-7H,8-11H2,1H3/b12-2-. The average Bonchev–Trinajstić information content (AvgIpc) is 2.86. The van der Waals surface area contributed by atoms with Gasteiger partial charge in [-0.25, -0.2) is 4.79 Å². The Morgan fingerprint density at radius 3 is 2.82 bits per heavy atom. The molecule has 0 radical (unpaired) electrons. The Labute approximate surface area is 102 Å². The molecule has 1 aromatic rings. The minimum absolute atomic E-state index is 0.217. The van der Waals surface area contributed by atoms with E-state index in [0.29, 0.717) is 13.2 Å². The van der Waals surface area contributed by atoms with Gasteiger partial charge in [0.1, 0.15) is 6.61 Å². The topological polar surface area (TPSA) is 29.5 Å². The molecular formula is C14H17NO2. The van der Waals surface area contributed by atoms with E-state index in [4.69, 9.17) is 4.74 Å². The second-order valence-corrected chi connectivity index (χ2v) is 4.16. The van der Waals surface area contributed by atoms with Gasteiger partial charge in [0.05, 0.1) is 0 Å². The molecule has 2 rings (SSSR count). The van der Waals surface area contributed by atoms with Crippen molar-refractivity contribution >= 4 is 6.09 Å². The number of likely N-dealkylation sites (tertiary alicyclic amines) is 1. The third kappa shape index (κ3) is 3.09. The van der Waals surface area contributed by atoms with Crippen LogP contribution in [0.3, 0.4) is 0 Å². The quantitative estimate of drug-likeness (QED) is 0.732. The highest BCUT2D eigenvalue weighted by molar-refractivity contribution is 5.68. The number of ether oxygens (including phenoxy) is 1. The van der Waals surface area contributed by atoms with Gasteiger partial charge in [-0.1, -0.05) is 42.0 Å². The number of carbonyl (C=O) groups excluding carboxylic acids is 1. The molecule has 1 aromatic carbocycles. The Kier molecular flexibility index (Phi) is 3.81. The van der Waals surface area contributed by atoms with E-state index in [1.165, 1.54) is 5.57 Å². The Morgan fingerprint density at radius 1 is 1.41 bits per heavy atom. The molecule has 1 heterocycles. The van der Waals surface area contributed by atoms with Gasteiger partial charge in [0, 0.05) is 13.1 Å². The predicted octanol–water partition coefficient (Wildman–Crippen LogP) is 2.98. The van der Waals surface area contributed by atoms with Crippen molar-refractivity contribution in [3.63, 3.8) is 0 Å². The first-order valence-electron chi connectivity index (χ1n) is 5.89. The summed E-state index contributed by atoms with van der Waals surface area (Å²) in [6.07, 6.45) is 2.83. The van der Waals surface area contributed by atoms with Gasteiger partial charge in [-0.15, -0.1) is 0 Å². The third-order valence-electron chi connectivity index (χ3n) is 2.97. The number of amides is 1. The molecule has 1 saturated heterocycles. The molecule has 1 aliphatic heterocycles. The van der Waals surface area contributed by atoms with E-state index < -0.39 is 0 Å². The fraction of sp³-hybridized carbons (Fsp3) is 0.357. The first kappa shape index (κ1) is 11.7. The maximum atomic E-state index is 11.8. The van der Waals surface area contributed by atoms with Crippen LogP contribution >= 0.6 is 0 Å². The van der Waals surface area contributed by atoms with Gasteiger partial charge in [-0.2, -0.15) is 0 Å². The molecule has 0 unspecified atom stereocenters. The molecule has 90 valence electrons. The second-order valence-electron chi connectivity index (χ2n) is 4.16. The Hall–Kier alpha value is -1.77. The maximum Gasteiger partial charge on any atom is 0.410 e. The molecule has 1 amide bonds. The molecule has 0 bridgehead atoms. The van der Waals surface area contributed by atoms with Crippen molar-refractivity contribution in [3.8, 4) is 0 Å². The van der Waals surface area contributed by atoms with Crippen LogP contribution in [0.1, 0.15) is 18.9 Å². The van der Waals surface area contributed by atoms with Gasteiger partial charge in [0.25, 0.3) is 0 Å². The third-order valence-corrected chi connectivity index (χ3v) is 2.97. The number of hydrogen-bond donors (Lipinski definition) is 0. The van der Waals surface area contributed by atoms with Gasteiger partial charge in [0.15, 0.2) is 0 Å². The second kappa shape index (κ2) is 5.53. The summed E-state index contributed by atoms with van der Waals surface area (Å²) in [6.45, 7) is 3.84. The van der Waals surface area contributed by atoms with Crippen LogP contribution in [0.5, 0.6) is 0 Å². The molecule has 1 aliphatic rings. The summed E-state index contributed by atoms with van der Waals surface area (Å²) in [5.74, 6) is 0. The molecule has 0 atom stereocenters. The van der Waals surface area contributed by atoms with E-state index >= 15 is 0 Å². The molecule has 1 fully saturated rings. The van der Waals surface area contributed by atoms with Gasteiger partial charge in [0.2, 0.25) is 0 Å². The summed E-state index contributed by atoms with van der Waals surface area (Å²) in [5.41, 5.74) is 2.33. The van der Waals surface area contributed by atoms with E-state index in [0.717, 1.165) is 18.5 Å². The fourth-order valence-corrected chi connectivity index (χ4v) is 1.88. The Morgan fingerprint density at radius 2 is 2.18 bits per heavy atom. The number of rotatable bonds is 2. The highest BCUT2D eigenvalue weighted by atomic mass is 16.6. The summed E-state index contributed by atoms with van der Waals surface area (Å²) >= 11 is 0. The molecule has 3 heteroatoms. The van der Waals surface area contributed by atoms with Crippen molar-refractivity contribution in [1.82, 2.24) is 4.90 Å². The van der Waals surface area contributed by atoms with Gasteiger partial charge in [-0.3, -0.25) is 0 Å². The number of benzene rings is 1. The van der Waals surface area contributed by atoms with E-state index in [1.54, 1.807) is 4.90 Å². The lowest BCUT2D eigenvalue weighted by Crippen LogP contribution is -2.28. The number of nitrogens with zero attached hydrogens (tertiary/aromatic N) is 1. The van der Waals surface area contributed by atoms with E-state index in [2.05, 4.69) is 6.08 Å². The highest BCUT2D eigenvalue weighted by Gasteiger charge is 2.21. The lowest BCUT2D eigenvalue weighted by Gasteiger charge is -2.14. The van der Waals surface area contributed by atoms with Crippen LogP contribution in [0.25, 0.3) is 0 Å². The molecule has 0 aromatic heterocycles. The number of allylic oxidation sites excluding steroid dienone is 1. The van der Waals surface area contributed by atoms with Gasteiger partial charge in [-0.05, 0) is 18.9 Å². The predicted molar refractivity (Wildman–Crippen MR) is 66.6 cm³/mol. The monoisotopic (exact) mass is 231 g/mol. The average molecular weight is 231 g/mol. The molecule has 0 aliphatic carbocycles. The molecule has 0 N–H and O–H groups in total. The van der Waals surface area contributed by atoms with E-state index in [9.17, 15) is 4.79 Å². The first-order chi connectivity index (χ1) is 8.29. The number of carbonyl (C=O) groups is 1. The lowest BCUT2D eigenvalue weighted by molar-refractivity contribution is 0.105. The fourth-order valence-electron chi connectivity index (χ4n) is 1.88. The summed E-state index contributed by atoms with van der Waals surface area (Å²) in [5, 5.41) is 0. The van der Waals surface area contributed by atoms with Crippen molar-refractivity contribution in [2.75, 3.05) is 13.1 Å². The van der Waals surface area contributed by atoms with Crippen LogP contribution in [-0.2, 0) is 11.3 Å². The molecule has 17 heavy (non-hydrogen) atoms. The van der Waals surface area contributed by atoms with Crippen LogP contribution in [-0.4, -0.2) is 24.1 Å². The lowest BCUT2D eigenvalue weighted by atomic mass is 10.2. The minimum atomic E-state index is -0.217. The van der Waals surface area contributed by atoms with Crippen molar-refractivity contribution < 1.29 is 9.53 Å². The largest absolute Gasteiger partial charge is 0.445 e. The normalized spacial score (nSPS) is 17.5. The maximum absolute atomic E-state index is 11.8. The van der Waals surface area contributed by atoms with Gasteiger partial charge < -0.3 is 9.64 Å².